The molecule has 0 saturated heterocycles. The van der Waals surface area contributed by atoms with E-state index in [0.29, 0.717) is 17.5 Å². The molecule has 7 aromatic carbocycles. The van der Waals surface area contributed by atoms with Gasteiger partial charge in [-0.2, -0.15) is 0 Å². The van der Waals surface area contributed by atoms with Crippen LogP contribution in [0.1, 0.15) is 0 Å². The van der Waals surface area contributed by atoms with Gasteiger partial charge in [0, 0.05) is 59.2 Å². The van der Waals surface area contributed by atoms with E-state index in [1.165, 1.54) is 57.7 Å². The van der Waals surface area contributed by atoms with Crippen molar-refractivity contribution in [2.24, 2.45) is 0 Å². The number of benzene rings is 7. The number of aromatic amines is 1. The van der Waals surface area contributed by atoms with Crippen LogP contribution in [-0.2, 0) is 0 Å². The van der Waals surface area contributed by atoms with Crippen LogP contribution >= 0.6 is 23.5 Å². The molecule has 10 aromatic rings. The number of H-pyrrole nitrogens is 1. The topological polar surface area (TPSA) is 59.4 Å². The van der Waals surface area contributed by atoms with E-state index >= 15 is 0 Å². The van der Waals surface area contributed by atoms with E-state index < -0.39 is 0 Å². The molecule has 0 bridgehead atoms. The number of hydrogen-bond acceptors (Lipinski definition) is 5. The van der Waals surface area contributed by atoms with E-state index in [2.05, 4.69) is 107 Å². The second kappa shape index (κ2) is 11.7. The lowest BCUT2D eigenvalue weighted by atomic mass is 10.1. The van der Waals surface area contributed by atoms with E-state index in [-0.39, 0.29) is 0 Å². The van der Waals surface area contributed by atoms with Crippen LogP contribution in [0.5, 0.6) is 0 Å². The first-order chi connectivity index (χ1) is 25.8. The maximum Gasteiger partial charge on any atom is 0.164 e. The van der Waals surface area contributed by atoms with Crippen LogP contribution in [0.2, 0.25) is 0 Å². The van der Waals surface area contributed by atoms with Crippen LogP contribution < -0.4 is 0 Å². The van der Waals surface area contributed by atoms with Gasteiger partial charge >= 0.3 is 0 Å². The van der Waals surface area contributed by atoms with Crippen molar-refractivity contribution >= 4 is 67.1 Å². The third-order valence-electron chi connectivity index (χ3n) is 9.84. The number of rotatable bonds is 4. The highest BCUT2D eigenvalue weighted by Crippen LogP contribution is 2.54. The summed E-state index contributed by atoms with van der Waals surface area (Å²) in [4.78, 5) is 23.8. The van der Waals surface area contributed by atoms with Gasteiger partial charge in [0.2, 0.25) is 0 Å². The number of nitrogens with zero attached hydrogens (tertiary/aromatic N) is 4. The van der Waals surface area contributed by atoms with Crippen LogP contribution in [0.3, 0.4) is 0 Å². The van der Waals surface area contributed by atoms with Crippen molar-refractivity contribution in [2.75, 3.05) is 0 Å². The molecule has 11 rings (SSSR count). The van der Waals surface area contributed by atoms with Crippen molar-refractivity contribution in [3.05, 3.63) is 158 Å². The van der Waals surface area contributed by atoms with Crippen molar-refractivity contribution in [1.29, 1.82) is 0 Å². The number of aromatic nitrogens is 5. The summed E-state index contributed by atoms with van der Waals surface area (Å²) in [6.07, 6.45) is 0. The van der Waals surface area contributed by atoms with Crippen LogP contribution in [0.15, 0.2) is 177 Å². The van der Waals surface area contributed by atoms with E-state index in [1.54, 1.807) is 0 Å². The fourth-order valence-electron chi connectivity index (χ4n) is 7.45. The Morgan fingerprint density at radius 2 is 1.02 bits per heavy atom. The SMILES string of the molecule is c1ccc(-c2nc(-c3ccccc3)nc(-c3cccc(-n4c5ccccc5c5ccc6c(c54)Sc4ccc5c([nH]c7ccccc75)c4S6)c3)n2)cc1. The lowest BCUT2D eigenvalue weighted by molar-refractivity contribution is 1.07. The average Bonchev–Trinajstić information content (AvgIpc) is 3.77. The molecule has 0 unspecified atom stereocenters. The maximum atomic E-state index is 5.04. The van der Waals surface area contributed by atoms with Crippen molar-refractivity contribution in [1.82, 2.24) is 24.5 Å². The summed E-state index contributed by atoms with van der Waals surface area (Å²) >= 11 is 3.73. The summed E-state index contributed by atoms with van der Waals surface area (Å²) < 4.78 is 2.42. The molecule has 244 valence electrons. The Labute approximate surface area is 307 Å². The first-order valence-corrected chi connectivity index (χ1v) is 18.8. The van der Waals surface area contributed by atoms with E-state index in [4.69, 9.17) is 15.0 Å². The summed E-state index contributed by atoms with van der Waals surface area (Å²) in [5.41, 5.74) is 8.64. The Hall–Kier alpha value is -6.15. The normalized spacial score (nSPS) is 12.5. The first kappa shape index (κ1) is 29.6. The van der Waals surface area contributed by atoms with Gasteiger partial charge in [-0.1, -0.05) is 145 Å². The zero-order valence-corrected chi connectivity index (χ0v) is 29.2. The molecule has 52 heavy (non-hydrogen) atoms. The van der Waals surface area contributed by atoms with Crippen LogP contribution in [0, 0.1) is 0 Å². The van der Waals surface area contributed by atoms with Gasteiger partial charge in [0.15, 0.2) is 17.5 Å². The molecule has 7 heteroatoms. The van der Waals surface area contributed by atoms with Gasteiger partial charge in [-0.3, -0.25) is 0 Å². The largest absolute Gasteiger partial charge is 0.354 e. The Balaban J connectivity index is 1.10. The number of fused-ring (bicyclic) bond motifs is 10. The van der Waals surface area contributed by atoms with Crippen molar-refractivity contribution in [3.8, 4) is 39.9 Å². The van der Waals surface area contributed by atoms with Gasteiger partial charge in [0.1, 0.15) is 0 Å². The summed E-state index contributed by atoms with van der Waals surface area (Å²) in [6, 6.07) is 55.3. The fraction of sp³-hybridized carbons (Fsp3) is 0. The smallest absolute Gasteiger partial charge is 0.164 e. The number of nitrogens with one attached hydrogen (secondary N) is 1. The monoisotopic (exact) mass is 701 g/mol. The van der Waals surface area contributed by atoms with Crippen LogP contribution in [0.25, 0.3) is 83.5 Å². The maximum absolute atomic E-state index is 5.04. The molecule has 0 aliphatic carbocycles. The molecule has 5 nitrogen and oxygen atoms in total. The Bertz CT molecular complexity index is 2960. The highest BCUT2D eigenvalue weighted by molar-refractivity contribution is 8.05. The molecule has 3 aromatic heterocycles. The van der Waals surface area contributed by atoms with Gasteiger partial charge in [-0.25, -0.2) is 15.0 Å². The van der Waals surface area contributed by atoms with Gasteiger partial charge in [-0.05, 0) is 36.4 Å². The second-order valence-corrected chi connectivity index (χ2v) is 15.0. The highest BCUT2D eigenvalue weighted by atomic mass is 32.2. The minimum atomic E-state index is 0.638. The van der Waals surface area contributed by atoms with Crippen molar-refractivity contribution in [3.63, 3.8) is 0 Å². The van der Waals surface area contributed by atoms with E-state index in [0.717, 1.165) is 27.9 Å². The summed E-state index contributed by atoms with van der Waals surface area (Å²) in [5.74, 6) is 1.94. The molecule has 0 atom stereocenters. The van der Waals surface area contributed by atoms with Gasteiger partial charge in [0.05, 0.1) is 26.3 Å². The lowest BCUT2D eigenvalue weighted by Crippen LogP contribution is -2.01. The quantitative estimate of drug-likeness (QED) is 0.198. The minimum absolute atomic E-state index is 0.638. The molecule has 1 aliphatic heterocycles. The molecule has 0 spiro atoms. The molecule has 0 amide bonds. The number of hydrogen-bond donors (Lipinski definition) is 1. The third-order valence-corrected chi connectivity index (χ3v) is 12.5. The van der Waals surface area contributed by atoms with Gasteiger partial charge < -0.3 is 9.55 Å². The van der Waals surface area contributed by atoms with Crippen molar-refractivity contribution in [2.45, 2.75) is 19.6 Å². The highest BCUT2D eigenvalue weighted by Gasteiger charge is 2.26. The lowest BCUT2D eigenvalue weighted by Gasteiger charge is -2.21. The predicted octanol–water partition coefficient (Wildman–Crippen LogP) is 12.2. The molecular weight excluding hydrogens is 675 g/mol. The Kier molecular flexibility index (Phi) is 6.65. The van der Waals surface area contributed by atoms with Crippen LogP contribution in [-0.4, -0.2) is 24.5 Å². The third kappa shape index (κ3) is 4.63. The van der Waals surface area contributed by atoms with E-state index in [1.807, 2.05) is 84.2 Å². The Morgan fingerprint density at radius 1 is 0.442 bits per heavy atom. The van der Waals surface area contributed by atoms with Gasteiger partial charge in [0.25, 0.3) is 0 Å². The predicted molar refractivity (Wildman–Crippen MR) is 215 cm³/mol. The molecular formula is C45H27N5S2. The first-order valence-electron chi connectivity index (χ1n) is 17.2. The summed E-state index contributed by atoms with van der Waals surface area (Å²) in [7, 11) is 0. The van der Waals surface area contributed by atoms with Gasteiger partial charge in [-0.15, -0.1) is 0 Å². The van der Waals surface area contributed by atoms with Crippen molar-refractivity contribution < 1.29 is 0 Å². The zero-order chi connectivity index (χ0) is 34.2. The van der Waals surface area contributed by atoms with E-state index in [9.17, 15) is 0 Å². The summed E-state index contributed by atoms with van der Waals surface area (Å²) in [5, 5.41) is 4.99. The molecule has 1 aliphatic rings. The average molecular weight is 702 g/mol. The standard InChI is InChI=1S/C45H27N5S2/c1-3-12-27(13-4-1)43-47-44(28-14-5-2-6-15-28)49-45(48-43)29-16-11-17-30(26-29)50-36-21-10-8-19-32(36)34-23-25-38-42(40(34)50)52-37-24-22-33-31-18-7-9-20-35(31)46-39(33)41(37)51-38/h1-26,46H. The fourth-order valence-corrected chi connectivity index (χ4v) is 9.95. The number of para-hydroxylation sites is 2. The van der Waals surface area contributed by atoms with Crippen LogP contribution in [0.4, 0.5) is 0 Å². The Morgan fingerprint density at radius 3 is 1.77 bits per heavy atom. The summed E-state index contributed by atoms with van der Waals surface area (Å²) in [6.45, 7) is 0. The molecule has 0 saturated carbocycles. The molecule has 1 N–H and O–H groups in total. The molecule has 0 fully saturated rings. The molecule has 0 radical (unpaired) electrons. The molecule has 4 heterocycles. The zero-order valence-electron chi connectivity index (χ0n) is 27.6. The minimum Gasteiger partial charge on any atom is -0.354 e. The second-order valence-electron chi connectivity index (χ2n) is 12.9.